The van der Waals surface area contributed by atoms with Gasteiger partial charge in [0.1, 0.15) is 17.3 Å². The molecule has 2 aliphatic rings. The SMILES string of the molecule is CC(C)(C)O.Cc1nc(/C=C/CC2CCOCC2)c(-c2ccc(OCCc3ccc(F)cc3)cc2)c(-c2ccc3c(c2)CCCO3)c1CC(=O)OC(C)C. The standard InChI is InChI=1S/C42H46FNO5.C4H10O/c1-28(2)49-40(45)27-37-29(3)44-38(8-4-6-30-19-23-46-24-20-30)42(41(37)34-13-18-39-33(26-34)7-5-22-48-39)32-11-16-36(17-12-32)47-25-21-31-9-14-35(43)15-10-31;1-4(2,3)5/h4,8-18,26,28,30H,5-7,19-25,27H2,1-3H3;5H,1-3H3/b8-4+;. The average molecular weight is 738 g/mol. The summed E-state index contributed by atoms with van der Waals surface area (Å²) in [7, 11) is 0. The predicted molar refractivity (Wildman–Crippen MR) is 213 cm³/mol. The van der Waals surface area contributed by atoms with Crippen LogP contribution in [0.2, 0.25) is 0 Å². The number of hydrogen-bond donors (Lipinski definition) is 1. The molecular formula is C46H56FNO6. The van der Waals surface area contributed by atoms with Gasteiger partial charge in [0, 0.05) is 30.9 Å². The number of aliphatic hydroxyl groups is 1. The van der Waals surface area contributed by atoms with Gasteiger partial charge >= 0.3 is 5.97 Å². The number of aryl methyl sites for hydroxylation is 2. The van der Waals surface area contributed by atoms with E-state index in [0.717, 1.165) is 108 Å². The second kappa shape index (κ2) is 19.2. The molecule has 3 aromatic carbocycles. The van der Waals surface area contributed by atoms with Crippen LogP contribution in [0.4, 0.5) is 4.39 Å². The van der Waals surface area contributed by atoms with Crippen molar-refractivity contribution in [3.05, 3.63) is 107 Å². The van der Waals surface area contributed by atoms with Gasteiger partial charge in [0.15, 0.2) is 0 Å². The number of pyridine rings is 1. The lowest BCUT2D eigenvalue weighted by Gasteiger charge is -2.23. The minimum Gasteiger partial charge on any atom is -0.493 e. The fraction of sp³-hybridized carbons (Fsp3) is 0.435. The van der Waals surface area contributed by atoms with Gasteiger partial charge in [0.05, 0.1) is 37.0 Å². The fourth-order valence-corrected chi connectivity index (χ4v) is 6.69. The number of carbonyl (C=O) groups is 1. The minimum absolute atomic E-state index is 0.115. The third kappa shape index (κ3) is 12.3. The Kier molecular flexibility index (Phi) is 14.4. The predicted octanol–water partition coefficient (Wildman–Crippen LogP) is 9.91. The van der Waals surface area contributed by atoms with E-state index < -0.39 is 5.60 Å². The summed E-state index contributed by atoms with van der Waals surface area (Å²) in [6.07, 6.45) is 9.95. The molecule has 0 unspecified atom stereocenters. The zero-order chi connectivity index (χ0) is 38.7. The molecule has 3 heterocycles. The molecule has 6 rings (SSSR count). The van der Waals surface area contributed by atoms with E-state index in [1.54, 1.807) is 32.9 Å². The van der Waals surface area contributed by atoms with Gasteiger partial charge in [-0.05, 0) is 155 Å². The van der Waals surface area contributed by atoms with Crippen LogP contribution in [-0.2, 0) is 33.5 Å². The van der Waals surface area contributed by atoms with Crippen molar-refractivity contribution in [3.63, 3.8) is 0 Å². The van der Waals surface area contributed by atoms with Crippen LogP contribution in [-0.4, -0.2) is 54.2 Å². The van der Waals surface area contributed by atoms with Crippen LogP contribution in [0.25, 0.3) is 28.3 Å². The summed E-state index contributed by atoms with van der Waals surface area (Å²) in [6, 6.07) is 21.0. The summed E-state index contributed by atoms with van der Waals surface area (Å²) in [6.45, 7) is 13.8. The molecule has 0 aliphatic carbocycles. The minimum atomic E-state index is -0.500. The highest BCUT2D eigenvalue weighted by atomic mass is 19.1. The van der Waals surface area contributed by atoms with Crippen LogP contribution in [0.1, 0.15) is 88.4 Å². The molecule has 4 aromatic rings. The largest absolute Gasteiger partial charge is 0.493 e. The fourth-order valence-electron chi connectivity index (χ4n) is 6.69. The molecule has 1 fully saturated rings. The van der Waals surface area contributed by atoms with Crippen molar-refractivity contribution >= 4 is 12.0 Å². The molecule has 0 atom stereocenters. The Hall–Kier alpha value is -4.53. The van der Waals surface area contributed by atoms with Crippen molar-refractivity contribution in [1.29, 1.82) is 0 Å². The lowest BCUT2D eigenvalue weighted by Crippen LogP contribution is -2.16. The smallest absolute Gasteiger partial charge is 0.310 e. The van der Waals surface area contributed by atoms with Crippen molar-refractivity contribution in [2.45, 2.75) is 98.2 Å². The van der Waals surface area contributed by atoms with Crippen molar-refractivity contribution in [2.75, 3.05) is 26.4 Å². The lowest BCUT2D eigenvalue weighted by molar-refractivity contribution is -0.146. The summed E-state index contributed by atoms with van der Waals surface area (Å²) < 4.78 is 36.6. The van der Waals surface area contributed by atoms with Crippen LogP contribution in [0.15, 0.2) is 72.8 Å². The first-order valence-electron chi connectivity index (χ1n) is 19.3. The summed E-state index contributed by atoms with van der Waals surface area (Å²) >= 11 is 0. The van der Waals surface area contributed by atoms with Crippen LogP contribution >= 0.6 is 0 Å². The first-order chi connectivity index (χ1) is 25.8. The molecule has 0 amide bonds. The summed E-state index contributed by atoms with van der Waals surface area (Å²) in [5.41, 5.74) is 8.17. The van der Waals surface area contributed by atoms with Crippen molar-refractivity contribution in [1.82, 2.24) is 4.98 Å². The highest BCUT2D eigenvalue weighted by Gasteiger charge is 2.24. The van der Waals surface area contributed by atoms with E-state index in [1.165, 1.54) is 17.7 Å². The number of rotatable bonds is 12. The Labute approximate surface area is 320 Å². The monoisotopic (exact) mass is 737 g/mol. The Morgan fingerprint density at radius 1 is 0.981 bits per heavy atom. The van der Waals surface area contributed by atoms with E-state index in [2.05, 4.69) is 42.5 Å². The summed E-state index contributed by atoms with van der Waals surface area (Å²) in [5, 5.41) is 8.52. The van der Waals surface area contributed by atoms with Crippen LogP contribution in [0.3, 0.4) is 0 Å². The number of nitrogens with zero attached hydrogens (tertiary/aromatic N) is 1. The van der Waals surface area contributed by atoms with Gasteiger partial charge in [0.25, 0.3) is 0 Å². The molecule has 0 bridgehead atoms. The maximum atomic E-state index is 13.3. The maximum absolute atomic E-state index is 13.3. The number of allylic oxidation sites excluding steroid dienone is 1. The van der Waals surface area contributed by atoms with Gasteiger partial charge < -0.3 is 24.1 Å². The zero-order valence-electron chi connectivity index (χ0n) is 32.8. The van der Waals surface area contributed by atoms with E-state index >= 15 is 0 Å². The molecule has 54 heavy (non-hydrogen) atoms. The molecule has 0 saturated carbocycles. The topological polar surface area (TPSA) is 87.1 Å². The number of fused-ring (bicyclic) bond motifs is 1. The van der Waals surface area contributed by atoms with E-state index in [1.807, 2.05) is 32.9 Å². The zero-order valence-corrected chi connectivity index (χ0v) is 32.8. The lowest BCUT2D eigenvalue weighted by atomic mass is 9.86. The van der Waals surface area contributed by atoms with Crippen LogP contribution in [0.5, 0.6) is 11.5 Å². The molecule has 8 heteroatoms. The number of esters is 1. The second-order valence-corrected chi connectivity index (χ2v) is 15.4. The first-order valence-corrected chi connectivity index (χ1v) is 19.3. The van der Waals surface area contributed by atoms with Gasteiger partial charge in [-0.3, -0.25) is 9.78 Å². The Morgan fingerprint density at radius 3 is 2.35 bits per heavy atom. The Balaban J connectivity index is 0.00000105. The van der Waals surface area contributed by atoms with Gasteiger partial charge in [-0.15, -0.1) is 0 Å². The third-order valence-corrected chi connectivity index (χ3v) is 9.22. The molecule has 0 radical (unpaired) electrons. The Bertz CT molecular complexity index is 1850. The van der Waals surface area contributed by atoms with Crippen molar-refractivity contribution in [3.8, 4) is 33.8 Å². The van der Waals surface area contributed by atoms with E-state index in [4.69, 9.17) is 29.0 Å². The normalized spacial score (nSPS) is 14.6. The number of hydrogen-bond acceptors (Lipinski definition) is 7. The molecule has 7 nitrogen and oxygen atoms in total. The van der Waals surface area contributed by atoms with Crippen LogP contribution in [0, 0.1) is 18.7 Å². The van der Waals surface area contributed by atoms with Gasteiger partial charge in [-0.1, -0.05) is 36.4 Å². The molecule has 0 spiro atoms. The molecular weight excluding hydrogens is 682 g/mol. The molecule has 1 N–H and O–H groups in total. The summed E-state index contributed by atoms with van der Waals surface area (Å²) in [5.74, 6) is 1.73. The number of carbonyl (C=O) groups excluding carboxylic acids is 1. The quantitative estimate of drug-likeness (QED) is 0.145. The molecule has 1 aromatic heterocycles. The van der Waals surface area contributed by atoms with Crippen LogP contribution < -0.4 is 9.47 Å². The maximum Gasteiger partial charge on any atom is 0.310 e. The number of benzene rings is 3. The van der Waals surface area contributed by atoms with E-state index in [-0.39, 0.29) is 24.3 Å². The molecule has 2 aliphatic heterocycles. The number of ether oxygens (including phenoxy) is 4. The highest BCUT2D eigenvalue weighted by Crippen LogP contribution is 2.42. The number of halogens is 1. The molecule has 288 valence electrons. The second-order valence-electron chi connectivity index (χ2n) is 15.4. The average Bonchev–Trinajstić information content (AvgIpc) is 3.13. The first kappa shape index (κ1) is 40.7. The highest BCUT2D eigenvalue weighted by molar-refractivity contribution is 5.93. The van der Waals surface area contributed by atoms with Gasteiger partial charge in [0.2, 0.25) is 0 Å². The third-order valence-electron chi connectivity index (χ3n) is 9.22. The van der Waals surface area contributed by atoms with Gasteiger partial charge in [-0.2, -0.15) is 0 Å². The summed E-state index contributed by atoms with van der Waals surface area (Å²) in [4.78, 5) is 18.4. The van der Waals surface area contributed by atoms with E-state index in [9.17, 15) is 9.18 Å². The van der Waals surface area contributed by atoms with E-state index in [0.29, 0.717) is 18.9 Å². The van der Waals surface area contributed by atoms with Crippen molar-refractivity contribution in [2.24, 2.45) is 5.92 Å². The molecule has 1 saturated heterocycles. The van der Waals surface area contributed by atoms with Crippen molar-refractivity contribution < 1.29 is 33.2 Å². The number of aromatic nitrogens is 1. The Morgan fingerprint density at radius 2 is 1.67 bits per heavy atom. The van der Waals surface area contributed by atoms with Gasteiger partial charge in [-0.25, -0.2) is 4.39 Å².